The molecule has 8 rings (SSSR count). The highest BCUT2D eigenvalue weighted by atomic mass is 19.4. The lowest BCUT2D eigenvalue weighted by molar-refractivity contribution is -0.137. The van der Waals surface area contributed by atoms with Gasteiger partial charge in [-0.3, -0.25) is 0 Å². The van der Waals surface area contributed by atoms with E-state index < -0.39 is 17.7 Å². The Balaban J connectivity index is 1.47. The smallest absolute Gasteiger partial charge is 0.416 e. The molecule has 2 heterocycles. The van der Waals surface area contributed by atoms with E-state index in [9.17, 15) is 18.0 Å². The minimum absolute atomic E-state index is 0.0984. The van der Waals surface area contributed by atoms with Crippen molar-refractivity contribution >= 4 is 50.5 Å². The summed E-state index contributed by atoms with van der Waals surface area (Å²) < 4.78 is 48.8. The van der Waals surface area contributed by atoms with Gasteiger partial charge in [0.25, 0.3) is 0 Å². The number of fused-ring (bicyclic) bond motifs is 2. The molecule has 0 aliphatic carbocycles. The van der Waals surface area contributed by atoms with Gasteiger partial charge in [-0.15, -0.1) is 20.4 Å². The lowest BCUT2D eigenvalue weighted by Crippen LogP contribution is -2.38. The Morgan fingerprint density at radius 2 is 1.00 bits per heavy atom. The van der Waals surface area contributed by atoms with Crippen molar-refractivity contribution in [3.05, 3.63) is 169 Å². The third-order valence-corrected chi connectivity index (χ3v) is 9.05. The summed E-state index contributed by atoms with van der Waals surface area (Å²) in [6, 6.07) is 45.7. The summed E-state index contributed by atoms with van der Waals surface area (Å²) in [6.07, 6.45) is -4.66. The first kappa shape index (κ1) is 34.9. The van der Waals surface area contributed by atoms with Gasteiger partial charge in [-0.1, -0.05) is 121 Å². The number of hydrogen-bond donors (Lipinski definition) is 0. The number of benzene rings is 6. The molecule has 6 aromatic carbocycles. The number of esters is 1. The average molecular weight is 733 g/mol. The van der Waals surface area contributed by atoms with E-state index in [2.05, 4.69) is 0 Å². The predicted molar refractivity (Wildman–Crippen MR) is 208 cm³/mol. The van der Waals surface area contributed by atoms with Crippen molar-refractivity contribution in [3.8, 4) is 22.5 Å². The molecule has 2 aromatic heterocycles. The summed E-state index contributed by atoms with van der Waals surface area (Å²) in [5.41, 5.74) is 2.67. The van der Waals surface area contributed by atoms with Gasteiger partial charge in [0.1, 0.15) is 11.4 Å². The van der Waals surface area contributed by atoms with Gasteiger partial charge in [0, 0.05) is 32.7 Å². The molecule has 0 atom stereocenters. The molecule has 8 aromatic rings. The van der Waals surface area contributed by atoms with Crippen molar-refractivity contribution in [1.29, 1.82) is 0 Å². The zero-order valence-electron chi connectivity index (χ0n) is 29.4. The summed E-state index contributed by atoms with van der Waals surface area (Å²) in [4.78, 5) is 13.2. The molecule has 0 bridgehead atoms. The topological polar surface area (TPSA) is 84.3 Å². The van der Waals surface area contributed by atoms with Crippen molar-refractivity contribution in [2.24, 2.45) is 0 Å². The number of anilines is 4. The lowest BCUT2D eigenvalue weighted by Gasteiger charge is -2.37. The van der Waals surface area contributed by atoms with Crippen LogP contribution in [0.1, 0.15) is 22.8 Å². The number of carbonyl (C=O) groups excluding carboxylic acids is 1. The highest BCUT2D eigenvalue weighted by molar-refractivity contribution is 6.05. The first-order chi connectivity index (χ1) is 26.8. The number of aromatic nitrogens is 4. The average Bonchev–Trinajstić information content (AvgIpc) is 3.23. The largest absolute Gasteiger partial charge is 0.462 e. The van der Waals surface area contributed by atoms with Crippen LogP contribution in [0.5, 0.6) is 0 Å². The van der Waals surface area contributed by atoms with Crippen LogP contribution in [-0.4, -0.2) is 33.0 Å². The summed E-state index contributed by atoms with van der Waals surface area (Å²) in [5.74, 6) is -0.108. The Morgan fingerprint density at radius 1 is 0.545 bits per heavy atom. The van der Waals surface area contributed by atoms with Crippen LogP contribution in [0.15, 0.2) is 158 Å². The van der Waals surface area contributed by atoms with Crippen molar-refractivity contribution < 1.29 is 22.7 Å². The monoisotopic (exact) mass is 732 g/mol. The second-order valence-corrected chi connectivity index (χ2v) is 12.5. The Hall–Kier alpha value is -7.14. The minimum atomic E-state index is -4.66. The molecule has 0 N–H and O–H groups in total. The first-order valence-corrected chi connectivity index (χ1v) is 17.5. The van der Waals surface area contributed by atoms with E-state index in [4.69, 9.17) is 25.1 Å². The zero-order valence-corrected chi connectivity index (χ0v) is 29.4. The molecule has 0 radical (unpaired) electrons. The van der Waals surface area contributed by atoms with Crippen LogP contribution >= 0.6 is 0 Å². The van der Waals surface area contributed by atoms with Gasteiger partial charge >= 0.3 is 12.1 Å². The van der Waals surface area contributed by atoms with Crippen LogP contribution in [0, 0.1) is 0 Å². The van der Waals surface area contributed by atoms with E-state index in [0.717, 1.165) is 28.6 Å². The lowest BCUT2D eigenvalue weighted by atomic mass is 10.0. The number of hydrogen-bond acceptors (Lipinski definition) is 8. The maximum Gasteiger partial charge on any atom is 0.416 e. The molecule has 8 nitrogen and oxygen atoms in total. The van der Waals surface area contributed by atoms with Gasteiger partial charge in [-0.05, 0) is 43.3 Å². The van der Waals surface area contributed by atoms with E-state index >= 15 is 0 Å². The highest BCUT2D eigenvalue weighted by Gasteiger charge is 2.34. The summed E-state index contributed by atoms with van der Waals surface area (Å²) in [7, 11) is 0. The van der Waals surface area contributed by atoms with Gasteiger partial charge < -0.3 is 4.74 Å². The SMILES string of the molecule is CCOC(=O)c1cccc(N(c2nnc(-c3ccccc3)c3ccccc23)N(c2cccc(C(F)(F)F)c2)c2nnc(-c3ccccc3)c3ccccc23)c1. The van der Waals surface area contributed by atoms with Crippen LogP contribution in [0.3, 0.4) is 0 Å². The van der Waals surface area contributed by atoms with Crippen molar-refractivity contribution in [3.63, 3.8) is 0 Å². The summed E-state index contributed by atoms with van der Waals surface area (Å²) in [5, 5.41) is 24.9. The fraction of sp³-hybridized carbons (Fsp3) is 0.0682. The van der Waals surface area contributed by atoms with Crippen LogP contribution in [-0.2, 0) is 10.9 Å². The fourth-order valence-electron chi connectivity index (χ4n) is 6.57. The van der Waals surface area contributed by atoms with Gasteiger partial charge in [-0.2, -0.15) is 13.2 Å². The molecule has 0 saturated carbocycles. The fourth-order valence-corrected chi connectivity index (χ4v) is 6.57. The molecule has 55 heavy (non-hydrogen) atoms. The molecule has 11 heteroatoms. The molecule has 0 aliphatic heterocycles. The summed E-state index contributed by atoms with van der Waals surface area (Å²) >= 11 is 0. The second-order valence-electron chi connectivity index (χ2n) is 12.5. The van der Waals surface area contributed by atoms with Crippen LogP contribution < -0.4 is 10.0 Å². The van der Waals surface area contributed by atoms with E-state index in [0.29, 0.717) is 33.2 Å². The maximum atomic E-state index is 14.5. The molecule has 0 saturated heterocycles. The number of nitrogens with zero attached hydrogens (tertiary/aromatic N) is 6. The predicted octanol–water partition coefficient (Wildman–Crippen LogP) is 11.0. The molecule has 0 amide bonds. The van der Waals surface area contributed by atoms with E-state index in [-0.39, 0.29) is 29.5 Å². The van der Waals surface area contributed by atoms with Gasteiger partial charge in [0.15, 0.2) is 11.6 Å². The van der Waals surface area contributed by atoms with Gasteiger partial charge in [0.2, 0.25) is 0 Å². The van der Waals surface area contributed by atoms with Crippen molar-refractivity contribution in [2.75, 3.05) is 16.6 Å². The Morgan fingerprint density at radius 3 is 1.49 bits per heavy atom. The first-order valence-electron chi connectivity index (χ1n) is 17.5. The second kappa shape index (κ2) is 14.7. The molecule has 0 spiro atoms. The van der Waals surface area contributed by atoms with E-state index in [1.807, 2.05) is 109 Å². The number of rotatable bonds is 9. The Kier molecular flexibility index (Phi) is 9.34. The van der Waals surface area contributed by atoms with Crippen LogP contribution in [0.2, 0.25) is 0 Å². The molecular weight excluding hydrogens is 702 g/mol. The van der Waals surface area contributed by atoms with Gasteiger partial charge in [-0.25, -0.2) is 14.8 Å². The number of hydrazine groups is 1. The number of halogens is 3. The quantitative estimate of drug-likeness (QED) is 0.107. The molecule has 270 valence electrons. The number of ether oxygens (including phenoxy) is 1. The number of carbonyl (C=O) groups is 1. The summed E-state index contributed by atoms with van der Waals surface area (Å²) in [6.45, 7) is 1.86. The normalized spacial score (nSPS) is 11.4. The third-order valence-electron chi connectivity index (χ3n) is 9.05. The minimum Gasteiger partial charge on any atom is -0.462 e. The molecule has 0 aliphatic rings. The van der Waals surface area contributed by atoms with E-state index in [1.54, 1.807) is 47.3 Å². The Bertz CT molecular complexity index is 2660. The van der Waals surface area contributed by atoms with Crippen molar-refractivity contribution in [2.45, 2.75) is 13.1 Å². The maximum absolute atomic E-state index is 14.5. The Labute approximate surface area is 314 Å². The van der Waals surface area contributed by atoms with Crippen LogP contribution in [0.4, 0.5) is 36.2 Å². The highest BCUT2D eigenvalue weighted by Crippen LogP contribution is 2.44. The molecular formula is C44H31F3N6O2. The van der Waals surface area contributed by atoms with Crippen LogP contribution in [0.25, 0.3) is 44.1 Å². The van der Waals surface area contributed by atoms with E-state index in [1.165, 1.54) is 6.07 Å². The third kappa shape index (κ3) is 6.79. The molecule has 0 unspecified atom stereocenters. The van der Waals surface area contributed by atoms with Crippen molar-refractivity contribution in [1.82, 2.24) is 20.4 Å². The number of alkyl halides is 3. The van der Waals surface area contributed by atoms with Gasteiger partial charge in [0.05, 0.1) is 29.1 Å². The molecule has 0 fully saturated rings. The standard InChI is InChI=1S/C44H31F3N6O2/c1-2-55-43(54)31-19-13-21-33(27-31)52(41-37-25-11-9-23-35(37)39(48-50-41)29-15-5-3-6-16-29)53(34-22-14-20-32(28-34)44(45,46)47)42-38-26-12-10-24-36(38)40(49-51-42)30-17-7-4-8-18-30/h3-28H,2H2,1H3. The zero-order chi connectivity index (χ0) is 37.9.